The third-order valence-corrected chi connectivity index (χ3v) is 4.11. The molecule has 1 aromatic heterocycles. The number of aromatic nitrogens is 2. The van der Waals surface area contributed by atoms with Gasteiger partial charge in [0, 0.05) is 17.5 Å². The summed E-state index contributed by atoms with van der Waals surface area (Å²) in [5.41, 5.74) is 2.32. The Morgan fingerprint density at radius 1 is 0.889 bits per heavy atom. The SMILES string of the molecule is O=C(NCc1cccc(Oc2ccccc2)c1)c1ccc2nnccc2c1. The predicted octanol–water partition coefficient (Wildman–Crippen LogP) is 4.35. The van der Waals surface area contributed by atoms with Crippen molar-refractivity contribution in [1.29, 1.82) is 0 Å². The molecule has 0 aliphatic heterocycles. The van der Waals surface area contributed by atoms with Gasteiger partial charge in [0.1, 0.15) is 11.5 Å². The van der Waals surface area contributed by atoms with E-state index >= 15 is 0 Å². The van der Waals surface area contributed by atoms with Gasteiger partial charge in [0.25, 0.3) is 5.91 Å². The highest BCUT2D eigenvalue weighted by molar-refractivity contribution is 5.97. The zero-order valence-corrected chi connectivity index (χ0v) is 14.5. The Morgan fingerprint density at radius 3 is 2.63 bits per heavy atom. The van der Waals surface area contributed by atoms with E-state index in [1.165, 1.54) is 0 Å². The van der Waals surface area contributed by atoms with E-state index in [1.54, 1.807) is 18.3 Å². The second-order valence-electron chi connectivity index (χ2n) is 6.05. The van der Waals surface area contributed by atoms with Gasteiger partial charge in [0.15, 0.2) is 0 Å². The topological polar surface area (TPSA) is 64.1 Å². The number of carbonyl (C=O) groups is 1. The maximum absolute atomic E-state index is 12.5. The molecule has 1 N–H and O–H groups in total. The van der Waals surface area contributed by atoms with Crippen LogP contribution in [0.25, 0.3) is 10.9 Å². The lowest BCUT2D eigenvalue weighted by Crippen LogP contribution is -2.22. The van der Waals surface area contributed by atoms with E-state index in [0.29, 0.717) is 12.1 Å². The van der Waals surface area contributed by atoms with Crippen molar-refractivity contribution in [3.05, 3.63) is 96.2 Å². The predicted molar refractivity (Wildman–Crippen MR) is 104 cm³/mol. The third-order valence-electron chi connectivity index (χ3n) is 4.11. The van der Waals surface area contributed by atoms with Gasteiger partial charge in [-0.1, -0.05) is 30.3 Å². The van der Waals surface area contributed by atoms with E-state index in [2.05, 4.69) is 15.5 Å². The van der Waals surface area contributed by atoms with Crippen LogP contribution in [0.4, 0.5) is 0 Å². The Morgan fingerprint density at radius 2 is 1.74 bits per heavy atom. The first-order valence-corrected chi connectivity index (χ1v) is 8.59. The summed E-state index contributed by atoms with van der Waals surface area (Å²) < 4.78 is 5.83. The van der Waals surface area contributed by atoms with Gasteiger partial charge in [-0.2, -0.15) is 10.2 Å². The summed E-state index contributed by atoms with van der Waals surface area (Å²) >= 11 is 0. The molecule has 27 heavy (non-hydrogen) atoms. The van der Waals surface area contributed by atoms with Crippen molar-refractivity contribution < 1.29 is 9.53 Å². The smallest absolute Gasteiger partial charge is 0.251 e. The van der Waals surface area contributed by atoms with Crippen LogP contribution in [0.3, 0.4) is 0 Å². The number of benzene rings is 3. The molecule has 0 spiro atoms. The van der Waals surface area contributed by atoms with Crippen molar-refractivity contribution in [2.75, 3.05) is 0 Å². The molecule has 0 aliphatic rings. The average molecular weight is 355 g/mol. The summed E-state index contributed by atoms with van der Waals surface area (Å²) in [5.74, 6) is 1.37. The minimum atomic E-state index is -0.136. The minimum absolute atomic E-state index is 0.136. The molecular formula is C22H17N3O2. The first-order valence-electron chi connectivity index (χ1n) is 8.59. The summed E-state index contributed by atoms with van der Waals surface area (Å²) in [6.07, 6.45) is 1.61. The summed E-state index contributed by atoms with van der Waals surface area (Å²) in [6, 6.07) is 24.5. The van der Waals surface area contributed by atoms with Crippen LogP contribution < -0.4 is 10.1 Å². The highest BCUT2D eigenvalue weighted by Crippen LogP contribution is 2.21. The molecule has 4 rings (SSSR count). The lowest BCUT2D eigenvalue weighted by atomic mass is 10.1. The number of nitrogens with one attached hydrogen (secondary N) is 1. The number of hydrogen-bond acceptors (Lipinski definition) is 4. The first-order chi connectivity index (χ1) is 13.3. The van der Waals surface area contributed by atoms with Crippen LogP contribution in [0.2, 0.25) is 0 Å². The Bertz CT molecular complexity index is 1080. The average Bonchev–Trinajstić information content (AvgIpc) is 2.73. The maximum atomic E-state index is 12.5. The zero-order valence-electron chi connectivity index (χ0n) is 14.5. The second-order valence-corrected chi connectivity index (χ2v) is 6.05. The third kappa shape index (κ3) is 4.10. The first kappa shape index (κ1) is 16.7. The molecule has 0 saturated carbocycles. The van der Waals surface area contributed by atoms with E-state index in [1.807, 2.05) is 66.7 Å². The van der Waals surface area contributed by atoms with E-state index < -0.39 is 0 Å². The fraction of sp³-hybridized carbons (Fsp3) is 0.0455. The van der Waals surface area contributed by atoms with Gasteiger partial charge in [0.2, 0.25) is 0 Å². The number of fused-ring (bicyclic) bond motifs is 1. The monoisotopic (exact) mass is 355 g/mol. The van der Waals surface area contributed by atoms with Gasteiger partial charge < -0.3 is 10.1 Å². The second kappa shape index (κ2) is 7.66. The number of amides is 1. The van der Waals surface area contributed by atoms with Gasteiger partial charge in [-0.25, -0.2) is 0 Å². The van der Waals surface area contributed by atoms with Crippen LogP contribution in [0.1, 0.15) is 15.9 Å². The summed E-state index contributed by atoms with van der Waals surface area (Å²) in [5, 5.41) is 11.7. The molecule has 3 aromatic carbocycles. The van der Waals surface area contributed by atoms with Crippen molar-refractivity contribution in [2.45, 2.75) is 6.54 Å². The van der Waals surface area contributed by atoms with Gasteiger partial charge in [0.05, 0.1) is 11.7 Å². The van der Waals surface area contributed by atoms with Crippen LogP contribution >= 0.6 is 0 Å². The molecule has 0 unspecified atom stereocenters. The number of hydrogen-bond donors (Lipinski definition) is 1. The van der Waals surface area contributed by atoms with Crippen molar-refractivity contribution in [1.82, 2.24) is 15.5 Å². The van der Waals surface area contributed by atoms with Crippen molar-refractivity contribution in [2.24, 2.45) is 0 Å². The fourth-order valence-electron chi connectivity index (χ4n) is 2.76. The molecule has 5 heteroatoms. The molecule has 0 aliphatic carbocycles. The lowest BCUT2D eigenvalue weighted by Gasteiger charge is -2.09. The number of ether oxygens (including phenoxy) is 1. The normalized spacial score (nSPS) is 10.5. The Balaban J connectivity index is 1.43. The number of para-hydroxylation sites is 1. The van der Waals surface area contributed by atoms with E-state index in [-0.39, 0.29) is 5.91 Å². The minimum Gasteiger partial charge on any atom is -0.457 e. The molecule has 4 aromatic rings. The highest BCUT2D eigenvalue weighted by atomic mass is 16.5. The standard InChI is InChI=1S/C22H17N3O2/c26-22(18-9-10-21-17(14-18)11-12-24-25-21)23-15-16-5-4-8-20(13-16)27-19-6-2-1-3-7-19/h1-14H,15H2,(H,23,26). The molecule has 0 radical (unpaired) electrons. The fourth-order valence-corrected chi connectivity index (χ4v) is 2.76. The molecule has 0 fully saturated rings. The van der Waals surface area contributed by atoms with E-state index in [0.717, 1.165) is 28.0 Å². The van der Waals surface area contributed by atoms with Crippen LogP contribution in [0, 0.1) is 0 Å². The van der Waals surface area contributed by atoms with Crippen LogP contribution in [-0.2, 0) is 6.54 Å². The molecule has 0 saturated heterocycles. The molecule has 1 amide bonds. The summed E-state index contributed by atoms with van der Waals surface area (Å²) in [7, 11) is 0. The van der Waals surface area contributed by atoms with Crippen LogP contribution in [0.5, 0.6) is 11.5 Å². The van der Waals surface area contributed by atoms with Gasteiger partial charge >= 0.3 is 0 Å². The molecule has 5 nitrogen and oxygen atoms in total. The summed E-state index contributed by atoms with van der Waals surface area (Å²) in [4.78, 5) is 12.5. The number of nitrogens with zero attached hydrogens (tertiary/aromatic N) is 2. The molecular weight excluding hydrogens is 338 g/mol. The summed E-state index contributed by atoms with van der Waals surface area (Å²) in [6.45, 7) is 0.414. The van der Waals surface area contributed by atoms with Crippen LogP contribution in [-0.4, -0.2) is 16.1 Å². The Labute approximate surface area is 156 Å². The van der Waals surface area contributed by atoms with Gasteiger partial charge in [-0.05, 0) is 54.1 Å². The van der Waals surface area contributed by atoms with Crippen LogP contribution in [0.15, 0.2) is 85.1 Å². The largest absolute Gasteiger partial charge is 0.457 e. The van der Waals surface area contributed by atoms with Crippen molar-refractivity contribution in [3.63, 3.8) is 0 Å². The number of carbonyl (C=O) groups excluding carboxylic acids is 1. The van der Waals surface area contributed by atoms with Gasteiger partial charge in [-0.15, -0.1) is 0 Å². The molecule has 0 atom stereocenters. The highest BCUT2D eigenvalue weighted by Gasteiger charge is 2.07. The molecule has 132 valence electrons. The Kier molecular flexibility index (Phi) is 4.74. The van der Waals surface area contributed by atoms with E-state index in [4.69, 9.17) is 4.74 Å². The Hall–Kier alpha value is -3.73. The zero-order chi connectivity index (χ0) is 18.5. The number of rotatable bonds is 5. The van der Waals surface area contributed by atoms with Gasteiger partial charge in [-0.3, -0.25) is 4.79 Å². The quantitative estimate of drug-likeness (QED) is 0.578. The van der Waals surface area contributed by atoms with Crippen molar-refractivity contribution in [3.8, 4) is 11.5 Å². The molecule has 1 heterocycles. The lowest BCUT2D eigenvalue weighted by molar-refractivity contribution is 0.0951. The maximum Gasteiger partial charge on any atom is 0.251 e. The molecule has 0 bridgehead atoms. The van der Waals surface area contributed by atoms with E-state index in [9.17, 15) is 4.79 Å². The van der Waals surface area contributed by atoms with Crippen molar-refractivity contribution >= 4 is 16.8 Å².